The molecule has 2 atom stereocenters. The second-order valence-electron chi connectivity index (χ2n) is 7.57. The Hall–Kier alpha value is -0.840. The molecule has 0 amide bonds. The number of alkyl halides is 6. The van der Waals surface area contributed by atoms with E-state index in [0.29, 0.717) is 11.1 Å². The smallest absolute Gasteiger partial charge is 0.299 e. The lowest BCUT2D eigenvalue weighted by Crippen LogP contribution is -2.62. The van der Waals surface area contributed by atoms with E-state index in [-0.39, 0.29) is 18.8 Å². The molecule has 0 aromatic heterocycles. The maximum Gasteiger partial charge on any atom is 0.386 e. The van der Waals surface area contributed by atoms with Crippen LogP contribution < -0.4 is 4.72 Å². The molecular formula is C14H19F6NO3S. The molecule has 4 nitrogen and oxygen atoms in total. The number of fused-ring (bicyclic) bond motifs is 2. The summed E-state index contributed by atoms with van der Waals surface area (Å²) in [6.45, 7) is 2.81. The van der Waals surface area contributed by atoms with Gasteiger partial charge in [0.25, 0.3) is 0 Å². The monoisotopic (exact) mass is 395 g/mol. The summed E-state index contributed by atoms with van der Waals surface area (Å²) in [5, 5.41) is 0. The van der Waals surface area contributed by atoms with E-state index in [0.717, 1.165) is 0 Å². The number of carbonyl (C=O) groups is 1. The molecule has 0 radical (unpaired) electrons. The van der Waals surface area contributed by atoms with Gasteiger partial charge in [0, 0.05) is 18.8 Å². The summed E-state index contributed by atoms with van der Waals surface area (Å²) in [6.07, 6.45) is 0.715. The molecule has 146 valence electrons. The first-order valence-corrected chi connectivity index (χ1v) is 9.23. The maximum absolute atomic E-state index is 13.6. The van der Waals surface area contributed by atoms with E-state index in [2.05, 4.69) is 0 Å². The summed E-state index contributed by atoms with van der Waals surface area (Å²) in [5.74, 6) is -12.8. The molecule has 0 saturated heterocycles. The van der Waals surface area contributed by atoms with E-state index in [1.165, 1.54) is 0 Å². The Balaban J connectivity index is 2.31. The fourth-order valence-corrected chi connectivity index (χ4v) is 5.92. The zero-order valence-electron chi connectivity index (χ0n) is 13.8. The highest BCUT2D eigenvalue weighted by Crippen LogP contribution is 2.64. The number of halogens is 6. The van der Waals surface area contributed by atoms with Crippen molar-refractivity contribution in [1.29, 1.82) is 0 Å². The third-order valence-corrected chi connectivity index (χ3v) is 7.25. The minimum Gasteiger partial charge on any atom is -0.299 e. The minimum atomic E-state index is -5.93. The summed E-state index contributed by atoms with van der Waals surface area (Å²) >= 11 is 0. The van der Waals surface area contributed by atoms with Gasteiger partial charge in [-0.2, -0.15) is 26.3 Å². The van der Waals surface area contributed by atoms with E-state index in [1.807, 2.05) is 0 Å². The molecule has 0 aliphatic heterocycles. The number of hydrogen-bond acceptors (Lipinski definition) is 3. The predicted molar refractivity (Wildman–Crippen MR) is 76.0 cm³/mol. The molecule has 2 unspecified atom stereocenters. The maximum atomic E-state index is 13.6. The van der Waals surface area contributed by atoms with Crippen LogP contribution in [0.25, 0.3) is 0 Å². The molecule has 2 fully saturated rings. The lowest BCUT2D eigenvalue weighted by Gasteiger charge is -2.37. The lowest BCUT2D eigenvalue weighted by molar-refractivity contribution is -0.306. The van der Waals surface area contributed by atoms with Crippen LogP contribution in [-0.4, -0.2) is 37.8 Å². The highest BCUT2D eigenvalue weighted by molar-refractivity contribution is 7.89. The first-order chi connectivity index (χ1) is 10.9. The van der Waals surface area contributed by atoms with Crippen LogP contribution in [0.4, 0.5) is 26.3 Å². The van der Waals surface area contributed by atoms with Crippen LogP contribution in [0.2, 0.25) is 0 Å². The van der Waals surface area contributed by atoms with Gasteiger partial charge in [-0.25, -0.2) is 8.42 Å². The van der Waals surface area contributed by atoms with Gasteiger partial charge in [-0.1, -0.05) is 13.8 Å². The average Bonchev–Trinajstić information content (AvgIpc) is 2.69. The van der Waals surface area contributed by atoms with Crippen LogP contribution in [0, 0.1) is 16.7 Å². The van der Waals surface area contributed by atoms with E-state index in [4.69, 9.17) is 0 Å². The zero-order valence-corrected chi connectivity index (χ0v) is 14.6. The fourth-order valence-electron chi connectivity index (χ4n) is 4.00. The molecule has 0 aromatic carbocycles. The Labute approximate surface area is 141 Å². The van der Waals surface area contributed by atoms with Crippen molar-refractivity contribution in [3.8, 4) is 0 Å². The normalized spacial score (nSPS) is 30.1. The van der Waals surface area contributed by atoms with Gasteiger partial charge in [0.2, 0.25) is 10.0 Å². The molecule has 11 heteroatoms. The van der Waals surface area contributed by atoms with Crippen molar-refractivity contribution in [2.24, 2.45) is 16.7 Å². The van der Waals surface area contributed by atoms with Gasteiger partial charge in [-0.3, -0.25) is 4.79 Å². The molecular weight excluding hydrogens is 376 g/mol. The van der Waals surface area contributed by atoms with Crippen molar-refractivity contribution in [2.45, 2.75) is 57.9 Å². The molecule has 0 aromatic rings. The van der Waals surface area contributed by atoms with E-state index < -0.39 is 57.2 Å². The topological polar surface area (TPSA) is 63.2 Å². The van der Waals surface area contributed by atoms with Crippen molar-refractivity contribution >= 4 is 15.8 Å². The first kappa shape index (κ1) is 20.5. The third kappa shape index (κ3) is 2.87. The Morgan fingerprint density at radius 2 is 1.68 bits per heavy atom. The Morgan fingerprint density at radius 3 is 2.04 bits per heavy atom. The molecule has 2 bridgehead atoms. The van der Waals surface area contributed by atoms with E-state index >= 15 is 0 Å². The Kier molecular flexibility index (Phi) is 4.37. The lowest BCUT2D eigenvalue weighted by atomic mass is 9.70. The van der Waals surface area contributed by atoms with Crippen LogP contribution >= 0.6 is 0 Å². The molecule has 2 saturated carbocycles. The molecule has 2 aliphatic rings. The minimum absolute atomic E-state index is 0.0854. The van der Waals surface area contributed by atoms with E-state index in [9.17, 15) is 39.6 Å². The molecule has 25 heavy (non-hydrogen) atoms. The number of Topliss-reactive ketones (excluding diaryl/α,β-unsaturated/α-hetero) is 1. The van der Waals surface area contributed by atoms with Crippen LogP contribution in [0.3, 0.4) is 0 Å². The second-order valence-corrected chi connectivity index (χ2v) is 9.29. The first-order valence-electron chi connectivity index (χ1n) is 7.58. The number of carbonyl (C=O) groups excluding carboxylic acids is 1. The van der Waals surface area contributed by atoms with E-state index in [1.54, 1.807) is 13.8 Å². The van der Waals surface area contributed by atoms with Gasteiger partial charge in [0.05, 0.1) is 5.75 Å². The predicted octanol–water partition coefficient (Wildman–Crippen LogP) is 3.18. The third-order valence-electron chi connectivity index (χ3n) is 5.80. The van der Waals surface area contributed by atoms with Gasteiger partial charge in [-0.15, -0.1) is 4.72 Å². The highest BCUT2D eigenvalue weighted by Gasteiger charge is 2.71. The zero-order chi connectivity index (χ0) is 19.7. The SMILES string of the molecule is CC(F)(F)C(F)(F)C(F)(F)NS(=O)(=O)CC12CCC(CC1=O)C2(C)C. The summed E-state index contributed by atoms with van der Waals surface area (Å²) in [5.41, 5.74) is -2.30. The summed E-state index contributed by atoms with van der Waals surface area (Å²) in [7, 11) is -5.15. The van der Waals surface area contributed by atoms with Crippen molar-refractivity contribution in [2.75, 3.05) is 5.75 Å². The number of sulfonamides is 1. The molecule has 0 spiro atoms. The van der Waals surface area contributed by atoms with Crippen molar-refractivity contribution < 1.29 is 39.6 Å². The van der Waals surface area contributed by atoms with Gasteiger partial charge >= 0.3 is 17.9 Å². The van der Waals surface area contributed by atoms with Gasteiger partial charge < -0.3 is 0 Å². The Morgan fingerprint density at radius 1 is 1.16 bits per heavy atom. The van der Waals surface area contributed by atoms with Crippen molar-refractivity contribution in [1.82, 2.24) is 4.72 Å². The standard InChI is InChI=1S/C14H19F6NO3S/c1-10(2)8-4-5-12(10,9(22)6-8)7-25(23,24)21-14(19,20)13(17,18)11(3,15)16/h8,21H,4-7H2,1-3H3. The van der Waals surface area contributed by atoms with Gasteiger partial charge in [0.1, 0.15) is 5.78 Å². The summed E-state index contributed by atoms with van der Waals surface area (Å²) < 4.78 is 104. The second kappa shape index (κ2) is 5.34. The highest BCUT2D eigenvalue weighted by atomic mass is 32.2. The molecule has 2 rings (SSSR count). The molecule has 2 aliphatic carbocycles. The summed E-state index contributed by atoms with van der Waals surface area (Å²) in [6, 6.07) is -5.70. The number of hydrogen-bond donors (Lipinski definition) is 1. The number of nitrogens with one attached hydrogen (secondary N) is 1. The number of ketones is 1. The Bertz CT molecular complexity index is 685. The van der Waals surface area contributed by atoms with Crippen LogP contribution in [0.1, 0.15) is 40.0 Å². The van der Waals surface area contributed by atoms with Gasteiger partial charge in [0.15, 0.2) is 0 Å². The fraction of sp³-hybridized carbons (Fsp3) is 0.929. The van der Waals surface area contributed by atoms with Crippen molar-refractivity contribution in [3.63, 3.8) is 0 Å². The van der Waals surface area contributed by atoms with Crippen LogP contribution in [-0.2, 0) is 14.8 Å². The van der Waals surface area contributed by atoms with Crippen molar-refractivity contribution in [3.05, 3.63) is 0 Å². The quantitative estimate of drug-likeness (QED) is 0.555. The number of rotatable bonds is 6. The van der Waals surface area contributed by atoms with Crippen LogP contribution in [0.15, 0.2) is 0 Å². The van der Waals surface area contributed by atoms with Crippen LogP contribution in [0.5, 0.6) is 0 Å². The molecule has 0 heterocycles. The van der Waals surface area contributed by atoms with Gasteiger partial charge in [-0.05, 0) is 24.2 Å². The molecule has 1 N–H and O–H groups in total. The average molecular weight is 395 g/mol. The summed E-state index contributed by atoms with van der Waals surface area (Å²) in [4.78, 5) is 12.2. The largest absolute Gasteiger partial charge is 0.386 e.